The van der Waals surface area contributed by atoms with E-state index in [0.717, 1.165) is 56.5 Å². The maximum Gasteiger partial charge on any atom is 0.221 e. The molecule has 0 unspecified atom stereocenters. The zero-order valence-electron chi connectivity index (χ0n) is 20.3. The monoisotopic (exact) mass is 486 g/mol. The number of thiocarbonyl (C=S) groups is 1. The van der Waals surface area contributed by atoms with Gasteiger partial charge in [-0.3, -0.25) is 9.69 Å². The van der Waals surface area contributed by atoms with E-state index in [1.165, 1.54) is 23.6 Å². The molecule has 3 aromatic rings. The summed E-state index contributed by atoms with van der Waals surface area (Å²) in [7, 11) is 0. The van der Waals surface area contributed by atoms with Gasteiger partial charge in [0.25, 0.3) is 0 Å². The van der Waals surface area contributed by atoms with Crippen molar-refractivity contribution in [2.75, 3.05) is 38.0 Å². The summed E-state index contributed by atoms with van der Waals surface area (Å²) in [4.78, 5) is 16.0. The normalized spacial score (nSPS) is 14.4. The van der Waals surface area contributed by atoms with Gasteiger partial charge < -0.3 is 15.5 Å². The quantitative estimate of drug-likeness (QED) is 0.467. The van der Waals surface area contributed by atoms with Crippen LogP contribution < -0.4 is 10.6 Å². The van der Waals surface area contributed by atoms with Gasteiger partial charge in [0.05, 0.1) is 0 Å². The van der Waals surface area contributed by atoms with E-state index < -0.39 is 0 Å². The van der Waals surface area contributed by atoms with Crippen LogP contribution >= 0.6 is 12.2 Å². The van der Waals surface area contributed by atoms with E-state index in [9.17, 15) is 4.79 Å². The van der Waals surface area contributed by atoms with Crippen LogP contribution in [0.25, 0.3) is 0 Å². The SMILES string of the molecule is CC(=O)Nc1ccc(CN2CCCN(C(=S)NCC(c3ccccc3)c3ccccc3)CC2)cc1. The number of nitrogens with zero attached hydrogens (tertiary/aromatic N) is 2. The Labute approximate surface area is 214 Å². The molecule has 0 saturated carbocycles. The van der Waals surface area contributed by atoms with Crippen molar-refractivity contribution < 1.29 is 4.79 Å². The lowest BCUT2D eigenvalue weighted by molar-refractivity contribution is -0.114. The summed E-state index contributed by atoms with van der Waals surface area (Å²) in [6, 6.07) is 29.4. The second-order valence-electron chi connectivity index (χ2n) is 9.05. The average molecular weight is 487 g/mol. The van der Waals surface area contributed by atoms with Gasteiger partial charge in [-0.2, -0.15) is 0 Å². The van der Waals surface area contributed by atoms with E-state index in [1.54, 1.807) is 0 Å². The van der Waals surface area contributed by atoms with Crippen molar-refractivity contribution in [3.05, 3.63) is 102 Å². The molecular formula is C29H34N4OS. The van der Waals surface area contributed by atoms with Gasteiger partial charge in [0.2, 0.25) is 5.91 Å². The molecule has 1 aliphatic heterocycles. The van der Waals surface area contributed by atoms with Gasteiger partial charge in [-0.15, -0.1) is 0 Å². The van der Waals surface area contributed by atoms with Gasteiger partial charge in [0, 0.05) is 57.8 Å². The zero-order chi connectivity index (χ0) is 24.5. The molecule has 1 fully saturated rings. The first-order chi connectivity index (χ1) is 17.1. The van der Waals surface area contributed by atoms with Crippen molar-refractivity contribution in [3.63, 3.8) is 0 Å². The van der Waals surface area contributed by atoms with Gasteiger partial charge in [-0.1, -0.05) is 72.8 Å². The first kappa shape index (κ1) is 24.9. The fourth-order valence-electron chi connectivity index (χ4n) is 4.59. The molecule has 3 aromatic carbocycles. The van der Waals surface area contributed by atoms with Crippen LogP contribution in [0.1, 0.15) is 36.0 Å². The molecule has 1 saturated heterocycles. The largest absolute Gasteiger partial charge is 0.362 e. The Morgan fingerprint density at radius 1 is 0.857 bits per heavy atom. The summed E-state index contributed by atoms with van der Waals surface area (Å²) in [5, 5.41) is 7.23. The van der Waals surface area contributed by atoms with Gasteiger partial charge in [-0.05, 0) is 47.5 Å². The topological polar surface area (TPSA) is 47.6 Å². The lowest BCUT2D eigenvalue weighted by Gasteiger charge is -2.27. The average Bonchev–Trinajstić information content (AvgIpc) is 3.12. The smallest absolute Gasteiger partial charge is 0.221 e. The molecule has 0 atom stereocenters. The van der Waals surface area contributed by atoms with Gasteiger partial charge in [0.1, 0.15) is 0 Å². The van der Waals surface area contributed by atoms with Crippen molar-refractivity contribution in [1.82, 2.24) is 15.1 Å². The zero-order valence-corrected chi connectivity index (χ0v) is 21.1. The Balaban J connectivity index is 1.31. The highest BCUT2D eigenvalue weighted by atomic mass is 32.1. The standard InChI is InChI=1S/C29H34N4OS/c1-23(34)31-27-15-13-24(14-16-27)22-32-17-8-18-33(20-19-32)29(35)30-21-28(25-9-4-2-5-10-25)26-11-6-3-7-12-26/h2-7,9-16,28H,8,17-22H2,1H3,(H,30,35)(H,31,34). The van der Waals surface area contributed by atoms with Gasteiger partial charge in [-0.25, -0.2) is 0 Å². The van der Waals surface area contributed by atoms with Crippen LogP contribution in [0.2, 0.25) is 0 Å². The number of anilines is 1. The van der Waals surface area contributed by atoms with Crippen molar-refractivity contribution in [3.8, 4) is 0 Å². The highest BCUT2D eigenvalue weighted by molar-refractivity contribution is 7.80. The number of carbonyl (C=O) groups is 1. The highest BCUT2D eigenvalue weighted by Crippen LogP contribution is 2.24. The molecule has 1 heterocycles. The van der Waals surface area contributed by atoms with Crippen LogP contribution in [-0.2, 0) is 11.3 Å². The van der Waals surface area contributed by atoms with Crippen molar-refractivity contribution in [2.24, 2.45) is 0 Å². The fraction of sp³-hybridized carbons (Fsp3) is 0.310. The lowest BCUT2D eigenvalue weighted by Crippen LogP contribution is -2.43. The molecule has 1 aliphatic rings. The summed E-state index contributed by atoms with van der Waals surface area (Å²) in [5.41, 5.74) is 4.67. The van der Waals surface area contributed by atoms with Crippen molar-refractivity contribution in [2.45, 2.75) is 25.8 Å². The number of rotatable bonds is 7. The minimum absolute atomic E-state index is 0.0474. The number of amides is 1. The summed E-state index contributed by atoms with van der Waals surface area (Å²) < 4.78 is 0. The molecule has 5 nitrogen and oxygen atoms in total. The van der Waals surface area contributed by atoms with Crippen molar-refractivity contribution >= 4 is 28.9 Å². The molecule has 0 spiro atoms. The van der Waals surface area contributed by atoms with Crippen LogP contribution in [0, 0.1) is 0 Å². The van der Waals surface area contributed by atoms with E-state index in [1.807, 2.05) is 12.1 Å². The predicted octanol–water partition coefficient (Wildman–Crippen LogP) is 4.86. The molecule has 0 aromatic heterocycles. The molecule has 6 heteroatoms. The molecule has 1 amide bonds. The van der Waals surface area contributed by atoms with Crippen LogP contribution in [0.5, 0.6) is 0 Å². The molecule has 2 N–H and O–H groups in total. The first-order valence-electron chi connectivity index (χ1n) is 12.3. The third kappa shape index (κ3) is 7.38. The minimum atomic E-state index is -0.0474. The molecule has 0 aliphatic carbocycles. The Morgan fingerprint density at radius 3 is 2.09 bits per heavy atom. The number of carbonyl (C=O) groups excluding carboxylic acids is 1. The molecule has 35 heavy (non-hydrogen) atoms. The van der Waals surface area contributed by atoms with E-state index in [4.69, 9.17) is 12.2 Å². The lowest BCUT2D eigenvalue weighted by atomic mass is 9.91. The molecule has 0 bridgehead atoms. The van der Waals surface area contributed by atoms with Gasteiger partial charge >= 0.3 is 0 Å². The maximum absolute atomic E-state index is 11.2. The van der Waals surface area contributed by atoms with E-state index in [-0.39, 0.29) is 11.8 Å². The Kier molecular flexibility index (Phi) is 8.87. The number of benzene rings is 3. The third-order valence-corrected chi connectivity index (χ3v) is 6.82. The third-order valence-electron chi connectivity index (χ3n) is 6.42. The molecular weight excluding hydrogens is 452 g/mol. The highest BCUT2D eigenvalue weighted by Gasteiger charge is 2.19. The number of nitrogens with one attached hydrogen (secondary N) is 2. The van der Waals surface area contributed by atoms with E-state index >= 15 is 0 Å². The van der Waals surface area contributed by atoms with Crippen LogP contribution in [0.4, 0.5) is 5.69 Å². The summed E-state index contributed by atoms with van der Waals surface area (Å²) >= 11 is 5.83. The Hall–Kier alpha value is -3.22. The van der Waals surface area contributed by atoms with Crippen LogP contribution in [0.3, 0.4) is 0 Å². The van der Waals surface area contributed by atoms with Crippen molar-refractivity contribution in [1.29, 1.82) is 0 Å². The second-order valence-corrected chi connectivity index (χ2v) is 9.44. The van der Waals surface area contributed by atoms with Crippen LogP contribution in [-0.4, -0.2) is 53.5 Å². The summed E-state index contributed by atoms with van der Waals surface area (Å²) in [5.74, 6) is 0.202. The Morgan fingerprint density at radius 2 is 1.49 bits per heavy atom. The number of hydrogen-bond donors (Lipinski definition) is 2. The van der Waals surface area contributed by atoms with E-state index in [2.05, 4.69) is 93.2 Å². The van der Waals surface area contributed by atoms with E-state index in [0.29, 0.717) is 0 Å². The molecule has 182 valence electrons. The Bertz CT molecular complexity index is 1050. The predicted molar refractivity (Wildman–Crippen MR) is 148 cm³/mol. The molecule has 4 rings (SSSR count). The molecule has 0 radical (unpaired) electrons. The maximum atomic E-state index is 11.2. The minimum Gasteiger partial charge on any atom is -0.362 e. The summed E-state index contributed by atoms with van der Waals surface area (Å²) in [6.07, 6.45) is 1.08. The fourth-order valence-corrected chi connectivity index (χ4v) is 4.85. The number of hydrogen-bond acceptors (Lipinski definition) is 3. The summed E-state index contributed by atoms with van der Waals surface area (Å²) in [6.45, 7) is 7.09. The first-order valence-corrected chi connectivity index (χ1v) is 12.7. The van der Waals surface area contributed by atoms with Crippen LogP contribution in [0.15, 0.2) is 84.9 Å². The van der Waals surface area contributed by atoms with Gasteiger partial charge in [0.15, 0.2) is 5.11 Å². The second kappa shape index (κ2) is 12.5.